The molecule has 0 fully saturated rings. The number of fused-ring (bicyclic) bond motifs is 1. The Kier molecular flexibility index (Phi) is 5.38. The SMILES string of the molecule is CC(=O)c1ccc(-c2cn(S(=O)(=O)c3ccc(C)cc3)c3ncc(-c4ccccc4)cc23)cc1. The first-order chi connectivity index (χ1) is 16.3. The lowest BCUT2D eigenvalue weighted by Gasteiger charge is -2.08. The van der Waals surface area contributed by atoms with E-state index in [1.54, 1.807) is 48.8 Å². The normalized spacial score (nSPS) is 11.6. The minimum absolute atomic E-state index is 0.0241. The van der Waals surface area contributed by atoms with Gasteiger partial charge >= 0.3 is 0 Å². The van der Waals surface area contributed by atoms with Crippen molar-refractivity contribution in [3.05, 3.63) is 108 Å². The van der Waals surface area contributed by atoms with Crippen LogP contribution >= 0.6 is 0 Å². The molecule has 0 saturated heterocycles. The second kappa shape index (κ2) is 8.39. The Morgan fingerprint density at radius 1 is 0.824 bits per heavy atom. The van der Waals surface area contributed by atoms with Gasteiger partial charge in [-0.25, -0.2) is 17.4 Å². The Morgan fingerprint density at radius 2 is 1.50 bits per heavy atom. The fourth-order valence-corrected chi connectivity index (χ4v) is 5.31. The molecular formula is C28H22N2O3S. The van der Waals surface area contributed by atoms with E-state index in [9.17, 15) is 13.2 Å². The van der Waals surface area contributed by atoms with E-state index in [0.717, 1.165) is 27.8 Å². The summed E-state index contributed by atoms with van der Waals surface area (Å²) in [5.74, 6) is -0.0241. The number of nitrogens with zero attached hydrogens (tertiary/aromatic N) is 2. The molecule has 0 spiro atoms. The topological polar surface area (TPSA) is 69.0 Å². The molecule has 0 unspecified atom stereocenters. The zero-order valence-electron chi connectivity index (χ0n) is 18.8. The van der Waals surface area contributed by atoms with Crippen molar-refractivity contribution in [3.63, 3.8) is 0 Å². The number of aryl methyl sites for hydroxylation is 1. The number of benzene rings is 3. The monoisotopic (exact) mass is 466 g/mol. The van der Waals surface area contributed by atoms with Crippen molar-refractivity contribution in [1.82, 2.24) is 8.96 Å². The molecule has 0 aliphatic carbocycles. The van der Waals surface area contributed by atoms with Crippen molar-refractivity contribution in [2.75, 3.05) is 0 Å². The number of carbonyl (C=O) groups excluding carboxylic acids is 1. The maximum absolute atomic E-state index is 13.6. The maximum Gasteiger partial charge on any atom is 0.269 e. The Balaban J connectivity index is 1.75. The van der Waals surface area contributed by atoms with Gasteiger partial charge in [-0.05, 0) is 43.2 Å². The molecule has 34 heavy (non-hydrogen) atoms. The van der Waals surface area contributed by atoms with Gasteiger partial charge in [-0.1, -0.05) is 72.3 Å². The van der Waals surface area contributed by atoms with Crippen LogP contribution in [0.4, 0.5) is 0 Å². The standard InChI is InChI=1S/C28H22N2O3S/c1-19-8-14-25(15-9-19)34(32,33)30-18-27(23-12-10-21(11-13-23)20(2)31)26-16-24(17-29-28(26)30)22-6-4-3-5-7-22/h3-18H,1-2H3. The zero-order chi connectivity index (χ0) is 23.9. The quantitative estimate of drug-likeness (QED) is 0.293. The first-order valence-electron chi connectivity index (χ1n) is 10.8. The Hall–Kier alpha value is -4.03. The molecule has 5 aromatic rings. The largest absolute Gasteiger partial charge is 0.295 e. The van der Waals surface area contributed by atoms with Gasteiger partial charge in [-0.15, -0.1) is 0 Å². The smallest absolute Gasteiger partial charge is 0.269 e. The first-order valence-corrected chi connectivity index (χ1v) is 12.3. The van der Waals surface area contributed by atoms with E-state index in [1.807, 2.05) is 55.5 Å². The number of carbonyl (C=O) groups is 1. The predicted octanol–water partition coefficient (Wildman–Crippen LogP) is 6.12. The molecule has 0 aliphatic heterocycles. The predicted molar refractivity (Wildman–Crippen MR) is 134 cm³/mol. The molecule has 0 saturated carbocycles. The number of hydrogen-bond acceptors (Lipinski definition) is 4. The van der Waals surface area contributed by atoms with Crippen molar-refractivity contribution < 1.29 is 13.2 Å². The number of pyridine rings is 1. The highest BCUT2D eigenvalue weighted by molar-refractivity contribution is 7.90. The van der Waals surface area contributed by atoms with Crippen LogP contribution < -0.4 is 0 Å². The molecule has 0 amide bonds. The Morgan fingerprint density at radius 3 is 2.15 bits per heavy atom. The summed E-state index contributed by atoms with van der Waals surface area (Å²) in [5, 5.41) is 0.715. The summed E-state index contributed by atoms with van der Waals surface area (Å²) < 4.78 is 28.4. The van der Waals surface area contributed by atoms with E-state index < -0.39 is 10.0 Å². The van der Waals surface area contributed by atoms with Gasteiger partial charge in [0.1, 0.15) is 0 Å². The van der Waals surface area contributed by atoms with Crippen molar-refractivity contribution in [3.8, 4) is 22.3 Å². The highest BCUT2D eigenvalue weighted by Gasteiger charge is 2.23. The summed E-state index contributed by atoms with van der Waals surface area (Å²) in [4.78, 5) is 16.5. The van der Waals surface area contributed by atoms with E-state index in [0.29, 0.717) is 16.6 Å². The van der Waals surface area contributed by atoms with Crippen LogP contribution in [-0.2, 0) is 10.0 Å². The van der Waals surface area contributed by atoms with Crippen molar-refractivity contribution >= 4 is 26.8 Å². The van der Waals surface area contributed by atoms with Crippen LogP contribution in [0.15, 0.2) is 102 Å². The molecule has 3 aromatic carbocycles. The van der Waals surface area contributed by atoms with Crippen molar-refractivity contribution in [2.45, 2.75) is 18.7 Å². The highest BCUT2D eigenvalue weighted by atomic mass is 32.2. The minimum Gasteiger partial charge on any atom is -0.295 e. The molecule has 0 aliphatic rings. The molecule has 0 bridgehead atoms. The highest BCUT2D eigenvalue weighted by Crippen LogP contribution is 2.34. The molecule has 168 valence electrons. The second-order valence-electron chi connectivity index (χ2n) is 8.25. The lowest BCUT2D eigenvalue weighted by molar-refractivity contribution is 0.101. The van der Waals surface area contributed by atoms with Crippen LogP contribution in [0.2, 0.25) is 0 Å². The van der Waals surface area contributed by atoms with Crippen LogP contribution in [0.1, 0.15) is 22.8 Å². The van der Waals surface area contributed by atoms with Gasteiger partial charge in [-0.2, -0.15) is 0 Å². The molecule has 0 radical (unpaired) electrons. The molecule has 2 heterocycles. The molecule has 6 heteroatoms. The fraction of sp³-hybridized carbons (Fsp3) is 0.0714. The van der Waals surface area contributed by atoms with Gasteiger partial charge < -0.3 is 0 Å². The van der Waals surface area contributed by atoms with E-state index in [1.165, 1.54) is 10.9 Å². The lowest BCUT2D eigenvalue weighted by atomic mass is 10.0. The van der Waals surface area contributed by atoms with Crippen LogP contribution in [-0.4, -0.2) is 23.2 Å². The summed E-state index contributed by atoms with van der Waals surface area (Å²) in [6, 6.07) is 25.8. The Labute approximate surface area is 198 Å². The van der Waals surface area contributed by atoms with Crippen molar-refractivity contribution in [1.29, 1.82) is 0 Å². The van der Waals surface area contributed by atoms with Gasteiger partial charge in [0.25, 0.3) is 10.0 Å². The molecule has 5 rings (SSSR count). The van der Waals surface area contributed by atoms with E-state index in [4.69, 9.17) is 0 Å². The minimum atomic E-state index is -3.87. The first kappa shape index (κ1) is 21.8. The Bertz CT molecular complexity index is 1620. The number of hydrogen-bond donors (Lipinski definition) is 0. The molecular weight excluding hydrogens is 444 g/mol. The van der Waals surface area contributed by atoms with Gasteiger partial charge in [0.2, 0.25) is 0 Å². The number of aromatic nitrogens is 2. The summed E-state index contributed by atoms with van der Waals surface area (Å²) in [7, 11) is -3.87. The average molecular weight is 467 g/mol. The van der Waals surface area contributed by atoms with Gasteiger partial charge in [0.15, 0.2) is 11.4 Å². The lowest BCUT2D eigenvalue weighted by Crippen LogP contribution is -2.12. The van der Waals surface area contributed by atoms with Crippen molar-refractivity contribution in [2.24, 2.45) is 0 Å². The number of ketones is 1. The summed E-state index contributed by atoms with van der Waals surface area (Å²) in [5.41, 5.74) is 5.34. The van der Waals surface area contributed by atoms with E-state index >= 15 is 0 Å². The third kappa shape index (κ3) is 3.82. The van der Waals surface area contributed by atoms with Gasteiger partial charge in [0, 0.05) is 34.5 Å². The van der Waals surface area contributed by atoms with Crippen LogP contribution in [0, 0.1) is 6.92 Å². The average Bonchev–Trinajstić information content (AvgIpc) is 3.25. The van der Waals surface area contributed by atoms with E-state index in [2.05, 4.69) is 4.98 Å². The van der Waals surface area contributed by atoms with Gasteiger partial charge in [0.05, 0.1) is 4.90 Å². The second-order valence-corrected chi connectivity index (χ2v) is 10.1. The number of Topliss-reactive ketones (excluding diaryl/α,β-unsaturated/α-hetero) is 1. The zero-order valence-corrected chi connectivity index (χ0v) is 19.6. The maximum atomic E-state index is 13.6. The summed E-state index contributed by atoms with van der Waals surface area (Å²) in [6.07, 6.45) is 3.31. The number of rotatable bonds is 5. The summed E-state index contributed by atoms with van der Waals surface area (Å²) in [6.45, 7) is 3.43. The summed E-state index contributed by atoms with van der Waals surface area (Å²) >= 11 is 0. The van der Waals surface area contributed by atoms with E-state index in [-0.39, 0.29) is 10.7 Å². The fourth-order valence-electron chi connectivity index (χ4n) is 3.99. The van der Waals surface area contributed by atoms with Crippen LogP contribution in [0.25, 0.3) is 33.3 Å². The van der Waals surface area contributed by atoms with Crippen LogP contribution in [0.5, 0.6) is 0 Å². The molecule has 0 atom stereocenters. The van der Waals surface area contributed by atoms with Crippen LogP contribution in [0.3, 0.4) is 0 Å². The third-order valence-electron chi connectivity index (χ3n) is 5.90. The molecule has 5 nitrogen and oxygen atoms in total. The molecule has 2 aromatic heterocycles. The van der Waals surface area contributed by atoms with Gasteiger partial charge in [-0.3, -0.25) is 4.79 Å². The molecule has 0 N–H and O–H groups in total. The third-order valence-corrected chi connectivity index (χ3v) is 7.56.